The molecule has 1 fully saturated rings. The van der Waals surface area contributed by atoms with Crippen LogP contribution in [0.3, 0.4) is 0 Å². The molecule has 116 valence electrons. The van der Waals surface area contributed by atoms with Crippen LogP contribution in [0.4, 0.5) is 13.2 Å². The van der Waals surface area contributed by atoms with Gasteiger partial charge in [0, 0.05) is 10.2 Å². The molecule has 3 nitrogen and oxygen atoms in total. The predicted octanol–water partition coefficient (Wildman–Crippen LogP) is 3.73. The second-order valence-electron chi connectivity index (χ2n) is 4.35. The summed E-state index contributed by atoms with van der Waals surface area (Å²) in [6.45, 7) is 0.130. The van der Waals surface area contributed by atoms with Gasteiger partial charge in [0.15, 0.2) is 0 Å². The van der Waals surface area contributed by atoms with Crippen LogP contribution in [0.5, 0.6) is 0 Å². The molecule has 1 aliphatic rings. The Bertz CT molecular complexity index is 538. The lowest BCUT2D eigenvalue weighted by Gasteiger charge is -2.42. The minimum Gasteiger partial charge on any atom is -0.468 e. The molecule has 0 saturated carbocycles. The molecule has 0 unspecified atom stereocenters. The summed E-state index contributed by atoms with van der Waals surface area (Å²) >= 11 is 3.73. The monoisotopic (exact) mass is 384 g/mol. The molecule has 0 bridgehead atoms. The quantitative estimate of drug-likeness (QED) is 0.727. The summed E-state index contributed by atoms with van der Waals surface area (Å²) in [5, 5.41) is 0. The van der Waals surface area contributed by atoms with Crippen LogP contribution in [0.2, 0.25) is 0 Å². The summed E-state index contributed by atoms with van der Waals surface area (Å²) in [7, 11) is 0.947. The molecule has 0 N–H and O–H groups in total. The van der Waals surface area contributed by atoms with Crippen molar-refractivity contribution in [2.24, 2.45) is 0 Å². The van der Waals surface area contributed by atoms with E-state index in [0.717, 1.165) is 7.11 Å². The molecular formula is C13H12BrF3O3S. The summed E-state index contributed by atoms with van der Waals surface area (Å²) in [6.07, 6.45) is -6.26. The maximum atomic E-state index is 13.7. The van der Waals surface area contributed by atoms with Crippen LogP contribution >= 0.6 is 27.7 Å². The number of methoxy groups -OCH3 is 1. The Morgan fingerprint density at radius 3 is 2.71 bits per heavy atom. The van der Waals surface area contributed by atoms with E-state index in [0.29, 0.717) is 16.2 Å². The number of halogens is 4. The number of alkyl halides is 3. The van der Waals surface area contributed by atoms with E-state index in [1.807, 2.05) is 0 Å². The Kier molecular flexibility index (Phi) is 4.89. The smallest absolute Gasteiger partial charge is 0.416 e. The van der Waals surface area contributed by atoms with E-state index in [2.05, 4.69) is 20.7 Å². The zero-order valence-corrected chi connectivity index (χ0v) is 13.3. The maximum Gasteiger partial charge on any atom is 0.416 e. The van der Waals surface area contributed by atoms with Crippen molar-refractivity contribution < 1.29 is 27.4 Å². The van der Waals surface area contributed by atoms with Crippen LogP contribution in [-0.2, 0) is 14.3 Å². The van der Waals surface area contributed by atoms with Crippen LogP contribution in [0, 0.1) is 0 Å². The minimum atomic E-state index is -4.80. The van der Waals surface area contributed by atoms with Crippen molar-refractivity contribution in [2.45, 2.75) is 17.0 Å². The molecule has 0 radical (unpaired) electrons. The van der Waals surface area contributed by atoms with Gasteiger partial charge in [-0.1, -0.05) is 34.1 Å². The van der Waals surface area contributed by atoms with Crippen LogP contribution in [0.25, 0.3) is 0 Å². The highest BCUT2D eigenvalue weighted by molar-refractivity contribution is 9.10. The Morgan fingerprint density at radius 2 is 2.14 bits per heavy atom. The first-order valence-electron chi connectivity index (χ1n) is 5.99. The van der Waals surface area contributed by atoms with Crippen LogP contribution < -0.4 is 0 Å². The molecule has 0 aliphatic carbocycles. The topological polar surface area (TPSA) is 35.5 Å². The standard InChI is InChI=1S/C13H12BrF3O3S/c1-19-11(18)12(13(15,16)17)10(20-6-7-21-12)8-4-2-3-5-9(8)14/h2-5,10H,6-7H2,1H3/t10-,12+/m1/s1. The number of benzene rings is 1. The third-order valence-corrected chi connectivity index (χ3v) is 5.32. The third-order valence-electron chi connectivity index (χ3n) is 3.16. The maximum absolute atomic E-state index is 13.7. The molecule has 2 atom stereocenters. The van der Waals surface area contributed by atoms with E-state index in [4.69, 9.17) is 4.74 Å². The average Bonchev–Trinajstić information content (AvgIpc) is 2.45. The molecule has 1 saturated heterocycles. The van der Waals surface area contributed by atoms with E-state index >= 15 is 0 Å². The first kappa shape index (κ1) is 16.6. The zero-order valence-electron chi connectivity index (χ0n) is 10.9. The lowest BCUT2D eigenvalue weighted by atomic mass is 9.93. The third kappa shape index (κ3) is 2.80. The number of ether oxygens (including phenoxy) is 2. The van der Waals surface area contributed by atoms with E-state index in [-0.39, 0.29) is 17.9 Å². The fraction of sp³-hybridized carbons (Fsp3) is 0.462. The number of rotatable bonds is 2. The number of carbonyl (C=O) groups is 1. The van der Waals surface area contributed by atoms with Crippen molar-refractivity contribution in [3.05, 3.63) is 34.3 Å². The van der Waals surface area contributed by atoms with Gasteiger partial charge in [0.2, 0.25) is 4.75 Å². The van der Waals surface area contributed by atoms with Gasteiger partial charge in [-0.15, -0.1) is 11.8 Å². The van der Waals surface area contributed by atoms with Crippen molar-refractivity contribution in [3.8, 4) is 0 Å². The highest BCUT2D eigenvalue weighted by Gasteiger charge is 2.68. The molecule has 1 aliphatic heterocycles. The molecule has 0 spiro atoms. The van der Waals surface area contributed by atoms with Gasteiger partial charge in [0.1, 0.15) is 6.10 Å². The lowest BCUT2D eigenvalue weighted by molar-refractivity contribution is -0.208. The van der Waals surface area contributed by atoms with E-state index < -0.39 is 23.0 Å². The van der Waals surface area contributed by atoms with Gasteiger partial charge < -0.3 is 9.47 Å². The first-order chi connectivity index (χ1) is 9.84. The largest absolute Gasteiger partial charge is 0.468 e. The molecule has 0 amide bonds. The van der Waals surface area contributed by atoms with E-state index in [1.165, 1.54) is 6.07 Å². The summed E-state index contributed by atoms with van der Waals surface area (Å²) in [5.74, 6) is -1.28. The van der Waals surface area contributed by atoms with Crippen molar-refractivity contribution in [1.82, 2.24) is 0 Å². The van der Waals surface area contributed by atoms with Crippen molar-refractivity contribution in [3.63, 3.8) is 0 Å². The van der Waals surface area contributed by atoms with E-state index in [1.54, 1.807) is 18.2 Å². The number of thioether (sulfide) groups is 1. The van der Waals surface area contributed by atoms with Gasteiger partial charge in [-0.25, -0.2) is 0 Å². The average molecular weight is 385 g/mol. The van der Waals surface area contributed by atoms with Crippen LogP contribution in [0.1, 0.15) is 11.7 Å². The normalized spacial score (nSPS) is 26.4. The van der Waals surface area contributed by atoms with Gasteiger partial charge in [-0.05, 0) is 11.6 Å². The Hall–Kier alpha value is -0.730. The van der Waals surface area contributed by atoms with Crippen LogP contribution in [-0.4, -0.2) is 36.4 Å². The molecule has 1 aromatic carbocycles. The second-order valence-corrected chi connectivity index (χ2v) is 6.54. The minimum absolute atomic E-state index is 0.0650. The molecule has 8 heteroatoms. The van der Waals surface area contributed by atoms with Gasteiger partial charge >= 0.3 is 12.1 Å². The summed E-state index contributed by atoms with van der Waals surface area (Å²) < 4.78 is 48.5. The Morgan fingerprint density at radius 1 is 1.48 bits per heavy atom. The SMILES string of the molecule is COC(=O)[C@@]1(C(F)(F)F)SCCO[C@@H]1c1ccccc1Br. The highest BCUT2D eigenvalue weighted by atomic mass is 79.9. The fourth-order valence-corrected chi connectivity index (χ4v) is 3.93. The van der Waals surface area contributed by atoms with Gasteiger partial charge in [-0.2, -0.15) is 13.2 Å². The predicted molar refractivity (Wildman–Crippen MR) is 76.1 cm³/mol. The second kappa shape index (κ2) is 6.18. The number of hydrogen-bond donors (Lipinski definition) is 0. The summed E-state index contributed by atoms with van der Waals surface area (Å²) in [5.41, 5.74) is 0.271. The summed E-state index contributed by atoms with van der Waals surface area (Å²) in [4.78, 5) is 12.0. The van der Waals surface area contributed by atoms with Crippen molar-refractivity contribution in [2.75, 3.05) is 19.5 Å². The van der Waals surface area contributed by atoms with Gasteiger partial charge in [0.25, 0.3) is 0 Å². The van der Waals surface area contributed by atoms with Crippen molar-refractivity contribution >= 4 is 33.7 Å². The number of carbonyl (C=O) groups excluding carboxylic acids is 1. The first-order valence-corrected chi connectivity index (χ1v) is 7.77. The molecule has 21 heavy (non-hydrogen) atoms. The summed E-state index contributed by atoms with van der Waals surface area (Å²) in [6, 6.07) is 6.39. The lowest BCUT2D eigenvalue weighted by Crippen LogP contribution is -2.57. The Labute approximate surface area is 132 Å². The van der Waals surface area contributed by atoms with Crippen molar-refractivity contribution in [1.29, 1.82) is 0 Å². The molecule has 2 rings (SSSR count). The molecule has 1 aromatic rings. The van der Waals surface area contributed by atoms with Gasteiger partial charge in [-0.3, -0.25) is 4.79 Å². The zero-order chi connectivity index (χ0) is 15.7. The molecular weight excluding hydrogens is 373 g/mol. The van der Waals surface area contributed by atoms with E-state index in [9.17, 15) is 18.0 Å². The number of esters is 1. The van der Waals surface area contributed by atoms with Crippen LogP contribution in [0.15, 0.2) is 28.7 Å². The highest BCUT2D eigenvalue weighted by Crippen LogP contribution is 2.54. The van der Waals surface area contributed by atoms with Gasteiger partial charge in [0.05, 0.1) is 13.7 Å². The molecule has 0 aromatic heterocycles. The Balaban J connectivity index is 2.60. The number of hydrogen-bond acceptors (Lipinski definition) is 4. The fourth-order valence-electron chi connectivity index (χ4n) is 2.22. The molecule has 1 heterocycles.